The lowest BCUT2D eigenvalue weighted by Crippen LogP contribution is -2.25. The highest BCUT2D eigenvalue weighted by atomic mass is 79.9. The Kier molecular flexibility index (Phi) is 4.60. The van der Waals surface area contributed by atoms with Gasteiger partial charge < -0.3 is 4.90 Å². The molecule has 0 radical (unpaired) electrons. The first kappa shape index (κ1) is 14.5. The summed E-state index contributed by atoms with van der Waals surface area (Å²) in [7, 11) is 3.45. The van der Waals surface area contributed by atoms with Gasteiger partial charge in [-0.1, -0.05) is 0 Å². The zero-order chi connectivity index (χ0) is 13.2. The molecule has 1 aromatic heterocycles. The number of halogens is 4. The van der Waals surface area contributed by atoms with Gasteiger partial charge in [0, 0.05) is 20.1 Å². The van der Waals surface area contributed by atoms with Crippen molar-refractivity contribution in [1.82, 2.24) is 14.7 Å². The molecule has 0 aliphatic carbocycles. The van der Waals surface area contributed by atoms with E-state index in [-0.39, 0.29) is 6.54 Å². The average Bonchev–Trinajstić information content (AvgIpc) is 2.41. The van der Waals surface area contributed by atoms with Crippen molar-refractivity contribution in [3.63, 3.8) is 0 Å². The largest absolute Gasteiger partial charge is 0.390 e. The summed E-state index contributed by atoms with van der Waals surface area (Å²) in [5.41, 5.74) is 1.72. The van der Waals surface area contributed by atoms with Crippen molar-refractivity contribution in [2.24, 2.45) is 7.05 Å². The van der Waals surface area contributed by atoms with Gasteiger partial charge in [-0.25, -0.2) is 0 Å². The highest BCUT2D eigenvalue weighted by molar-refractivity contribution is 9.10. The Morgan fingerprint density at radius 2 is 2.00 bits per heavy atom. The number of alkyl halides is 3. The lowest BCUT2D eigenvalue weighted by atomic mass is 10.3. The maximum atomic E-state index is 12.1. The molecule has 0 unspecified atom stereocenters. The van der Waals surface area contributed by atoms with E-state index in [1.54, 1.807) is 23.7 Å². The second-order valence-corrected chi connectivity index (χ2v) is 4.87. The summed E-state index contributed by atoms with van der Waals surface area (Å²) >= 11 is 3.39. The molecule has 1 rings (SSSR count). The van der Waals surface area contributed by atoms with Crippen LogP contribution in [-0.4, -0.2) is 34.4 Å². The first-order valence-electron chi connectivity index (χ1n) is 5.14. The van der Waals surface area contributed by atoms with Gasteiger partial charge in [0.25, 0.3) is 0 Å². The summed E-state index contributed by atoms with van der Waals surface area (Å²) in [6.45, 7) is 2.28. The number of aryl methyl sites for hydroxylation is 2. The Labute approximate surface area is 107 Å². The van der Waals surface area contributed by atoms with E-state index in [1.807, 2.05) is 6.92 Å². The van der Waals surface area contributed by atoms with Crippen LogP contribution in [0.2, 0.25) is 0 Å². The Hall–Kier alpha value is -0.560. The molecule has 0 bridgehead atoms. The van der Waals surface area contributed by atoms with Gasteiger partial charge in [-0.2, -0.15) is 18.3 Å². The molecule has 0 aliphatic rings. The predicted molar refractivity (Wildman–Crippen MR) is 62.7 cm³/mol. The van der Waals surface area contributed by atoms with E-state index in [9.17, 15) is 13.2 Å². The second kappa shape index (κ2) is 5.39. The summed E-state index contributed by atoms with van der Waals surface area (Å²) in [4.78, 5) is 1.63. The van der Waals surface area contributed by atoms with Gasteiger partial charge in [0.2, 0.25) is 0 Å². The van der Waals surface area contributed by atoms with Gasteiger partial charge in [0.1, 0.15) is 0 Å². The van der Waals surface area contributed by atoms with Crippen LogP contribution >= 0.6 is 15.9 Å². The molecule has 0 saturated carbocycles. The number of nitrogens with zero attached hydrogens (tertiary/aromatic N) is 3. The molecule has 1 aromatic rings. The first-order chi connectivity index (χ1) is 7.70. The highest BCUT2D eigenvalue weighted by Gasteiger charge is 2.27. The summed E-state index contributed by atoms with van der Waals surface area (Å²) in [5, 5.41) is 4.19. The monoisotopic (exact) mass is 313 g/mol. The zero-order valence-corrected chi connectivity index (χ0v) is 11.6. The zero-order valence-electron chi connectivity index (χ0n) is 9.97. The van der Waals surface area contributed by atoms with E-state index >= 15 is 0 Å². The van der Waals surface area contributed by atoms with Gasteiger partial charge in [0.05, 0.1) is 22.3 Å². The fourth-order valence-corrected chi connectivity index (χ4v) is 1.97. The minimum absolute atomic E-state index is 0.0137. The van der Waals surface area contributed by atoms with Gasteiger partial charge in [-0.15, -0.1) is 0 Å². The molecule has 0 saturated heterocycles. The van der Waals surface area contributed by atoms with Gasteiger partial charge >= 0.3 is 6.18 Å². The van der Waals surface area contributed by atoms with Crippen molar-refractivity contribution in [2.75, 3.05) is 13.6 Å². The third-order valence-electron chi connectivity index (χ3n) is 2.46. The molecule has 17 heavy (non-hydrogen) atoms. The van der Waals surface area contributed by atoms with Crippen molar-refractivity contribution >= 4 is 15.9 Å². The SMILES string of the molecule is Cc1nn(C)c(CN(C)CCC(F)(F)F)c1Br. The van der Waals surface area contributed by atoms with Crippen LogP contribution in [0.3, 0.4) is 0 Å². The quantitative estimate of drug-likeness (QED) is 0.852. The molecular weight excluding hydrogens is 299 g/mol. The summed E-state index contributed by atoms with van der Waals surface area (Å²) in [6, 6.07) is 0. The predicted octanol–water partition coefficient (Wildman–Crippen LogP) is 2.88. The van der Waals surface area contributed by atoms with Crippen LogP contribution in [0, 0.1) is 6.92 Å². The van der Waals surface area contributed by atoms with Crippen LogP contribution < -0.4 is 0 Å². The maximum absolute atomic E-state index is 12.1. The number of aromatic nitrogens is 2. The standard InChI is InChI=1S/C10H15BrF3N3/c1-7-9(11)8(17(3)15-7)6-16(2)5-4-10(12,13)14/h4-6H2,1-3H3. The van der Waals surface area contributed by atoms with Crippen LogP contribution in [0.25, 0.3) is 0 Å². The van der Waals surface area contributed by atoms with E-state index in [0.29, 0.717) is 6.54 Å². The van der Waals surface area contributed by atoms with Crippen molar-refractivity contribution in [2.45, 2.75) is 26.1 Å². The van der Waals surface area contributed by atoms with Gasteiger partial charge in [-0.3, -0.25) is 4.68 Å². The molecule has 1 heterocycles. The molecule has 3 nitrogen and oxygen atoms in total. The van der Waals surface area contributed by atoms with Crippen LogP contribution in [0.5, 0.6) is 0 Å². The van der Waals surface area contributed by atoms with Crippen LogP contribution in [0.1, 0.15) is 17.8 Å². The Bertz CT molecular complexity index is 387. The number of rotatable bonds is 4. The minimum Gasteiger partial charge on any atom is -0.300 e. The molecule has 0 aliphatic heterocycles. The van der Waals surface area contributed by atoms with Gasteiger partial charge in [0.15, 0.2) is 0 Å². The smallest absolute Gasteiger partial charge is 0.300 e. The topological polar surface area (TPSA) is 21.1 Å². The van der Waals surface area contributed by atoms with Crippen LogP contribution in [0.4, 0.5) is 13.2 Å². The molecule has 7 heteroatoms. The Balaban J connectivity index is 2.59. The summed E-state index contributed by atoms with van der Waals surface area (Å²) in [6.07, 6.45) is -4.90. The minimum atomic E-state index is -4.10. The number of hydrogen-bond acceptors (Lipinski definition) is 2. The maximum Gasteiger partial charge on any atom is 0.390 e. The van der Waals surface area contributed by atoms with E-state index in [4.69, 9.17) is 0 Å². The molecule has 0 N–H and O–H groups in total. The third-order valence-corrected chi connectivity index (χ3v) is 3.49. The third kappa shape index (κ3) is 4.31. The fraction of sp³-hybridized carbons (Fsp3) is 0.700. The highest BCUT2D eigenvalue weighted by Crippen LogP contribution is 2.23. The van der Waals surface area contributed by atoms with E-state index in [0.717, 1.165) is 15.9 Å². The fourth-order valence-electron chi connectivity index (χ4n) is 1.50. The van der Waals surface area contributed by atoms with Crippen molar-refractivity contribution < 1.29 is 13.2 Å². The molecule has 0 aromatic carbocycles. The Morgan fingerprint density at radius 1 is 1.41 bits per heavy atom. The molecule has 0 fully saturated rings. The normalized spacial score (nSPS) is 12.5. The van der Waals surface area contributed by atoms with E-state index < -0.39 is 12.6 Å². The second-order valence-electron chi connectivity index (χ2n) is 4.07. The van der Waals surface area contributed by atoms with Crippen LogP contribution in [0.15, 0.2) is 4.47 Å². The van der Waals surface area contributed by atoms with Crippen molar-refractivity contribution in [3.05, 3.63) is 15.9 Å². The molecule has 0 atom stereocenters. The molecular formula is C10H15BrF3N3. The van der Waals surface area contributed by atoms with Gasteiger partial charge in [-0.05, 0) is 29.9 Å². The molecule has 98 valence electrons. The lowest BCUT2D eigenvalue weighted by Gasteiger charge is -2.17. The molecule has 0 amide bonds. The van der Waals surface area contributed by atoms with E-state index in [1.165, 1.54) is 0 Å². The van der Waals surface area contributed by atoms with E-state index in [2.05, 4.69) is 21.0 Å². The van der Waals surface area contributed by atoms with Crippen molar-refractivity contribution in [3.8, 4) is 0 Å². The summed E-state index contributed by atoms with van der Waals surface area (Å²) in [5.74, 6) is 0. The number of hydrogen-bond donors (Lipinski definition) is 0. The average molecular weight is 314 g/mol. The Morgan fingerprint density at radius 3 is 2.41 bits per heavy atom. The molecule has 0 spiro atoms. The lowest BCUT2D eigenvalue weighted by molar-refractivity contribution is -0.137. The van der Waals surface area contributed by atoms with Crippen molar-refractivity contribution in [1.29, 1.82) is 0 Å². The van der Waals surface area contributed by atoms with Crippen LogP contribution in [-0.2, 0) is 13.6 Å². The summed E-state index contributed by atoms with van der Waals surface area (Å²) < 4.78 is 38.7. The first-order valence-corrected chi connectivity index (χ1v) is 5.93.